The highest BCUT2D eigenvalue weighted by Gasteiger charge is 2.20. The van der Waals surface area contributed by atoms with Gasteiger partial charge in [-0.1, -0.05) is 20.8 Å². The van der Waals surface area contributed by atoms with Crippen LogP contribution >= 0.6 is 0 Å². The quantitative estimate of drug-likeness (QED) is 0.890. The lowest BCUT2D eigenvalue weighted by Crippen LogP contribution is -2.30. The molecule has 1 aromatic carbocycles. The SMILES string of the molecule is CNCc1cc(F)c(N(C)CC(C)(C)C)c(F)c1. The molecule has 0 aliphatic rings. The second-order valence-electron chi connectivity index (χ2n) is 5.86. The fraction of sp³-hybridized carbons (Fsp3) is 0.571. The molecule has 18 heavy (non-hydrogen) atoms. The first-order valence-electron chi connectivity index (χ1n) is 6.08. The molecule has 102 valence electrons. The lowest BCUT2D eigenvalue weighted by atomic mass is 9.96. The van der Waals surface area contributed by atoms with Crippen LogP contribution in [-0.4, -0.2) is 20.6 Å². The third kappa shape index (κ3) is 3.95. The van der Waals surface area contributed by atoms with E-state index in [-0.39, 0.29) is 11.1 Å². The van der Waals surface area contributed by atoms with E-state index in [0.29, 0.717) is 18.7 Å². The summed E-state index contributed by atoms with van der Waals surface area (Å²) in [6.07, 6.45) is 0. The van der Waals surface area contributed by atoms with E-state index in [1.54, 1.807) is 19.0 Å². The Hall–Kier alpha value is -1.16. The molecule has 2 nitrogen and oxygen atoms in total. The Balaban J connectivity index is 3.02. The minimum absolute atomic E-state index is 0.0166. The molecular formula is C14H22F2N2. The molecule has 1 N–H and O–H groups in total. The zero-order valence-corrected chi connectivity index (χ0v) is 11.8. The van der Waals surface area contributed by atoms with E-state index in [1.807, 2.05) is 20.8 Å². The Morgan fingerprint density at radius 1 is 1.17 bits per heavy atom. The average Bonchev–Trinajstić information content (AvgIpc) is 2.13. The van der Waals surface area contributed by atoms with E-state index in [4.69, 9.17) is 0 Å². The molecule has 1 aromatic rings. The third-order valence-electron chi connectivity index (χ3n) is 2.55. The van der Waals surface area contributed by atoms with E-state index in [9.17, 15) is 8.78 Å². The Labute approximate surface area is 108 Å². The minimum atomic E-state index is -0.507. The molecule has 0 aromatic heterocycles. The normalized spacial score (nSPS) is 11.7. The van der Waals surface area contributed by atoms with Crippen molar-refractivity contribution in [1.29, 1.82) is 0 Å². The highest BCUT2D eigenvalue weighted by atomic mass is 19.1. The smallest absolute Gasteiger partial charge is 0.149 e. The van der Waals surface area contributed by atoms with Crippen molar-refractivity contribution < 1.29 is 8.78 Å². The predicted octanol–water partition coefficient (Wildman–Crippen LogP) is 3.17. The first-order chi connectivity index (χ1) is 8.24. The summed E-state index contributed by atoms with van der Waals surface area (Å²) in [5.41, 5.74) is 0.641. The summed E-state index contributed by atoms with van der Waals surface area (Å²) in [5.74, 6) is -1.01. The van der Waals surface area contributed by atoms with E-state index >= 15 is 0 Å². The van der Waals surface area contributed by atoms with Crippen LogP contribution < -0.4 is 10.2 Å². The molecule has 0 bridgehead atoms. The first-order valence-corrected chi connectivity index (χ1v) is 6.08. The van der Waals surface area contributed by atoms with Crippen molar-refractivity contribution in [3.63, 3.8) is 0 Å². The Kier molecular flexibility index (Phi) is 4.68. The summed E-state index contributed by atoms with van der Waals surface area (Å²) in [4.78, 5) is 1.63. The van der Waals surface area contributed by atoms with Crippen LogP contribution in [0.2, 0.25) is 0 Å². The van der Waals surface area contributed by atoms with E-state index < -0.39 is 11.6 Å². The molecule has 0 aliphatic heterocycles. The van der Waals surface area contributed by atoms with Crippen LogP contribution in [0.1, 0.15) is 26.3 Å². The zero-order chi connectivity index (χ0) is 13.9. The number of nitrogens with zero attached hydrogens (tertiary/aromatic N) is 1. The lowest BCUT2D eigenvalue weighted by molar-refractivity contribution is 0.414. The van der Waals surface area contributed by atoms with Crippen LogP contribution in [0.4, 0.5) is 14.5 Å². The van der Waals surface area contributed by atoms with Gasteiger partial charge in [0.2, 0.25) is 0 Å². The highest BCUT2D eigenvalue weighted by molar-refractivity contribution is 5.50. The number of hydrogen-bond donors (Lipinski definition) is 1. The number of hydrogen-bond acceptors (Lipinski definition) is 2. The molecule has 1 rings (SSSR count). The van der Waals surface area contributed by atoms with Gasteiger partial charge in [0.25, 0.3) is 0 Å². The van der Waals surface area contributed by atoms with Gasteiger partial charge < -0.3 is 10.2 Å². The molecule has 0 saturated heterocycles. The molecular weight excluding hydrogens is 234 g/mol. The van der Waals surface area contributed by atoms with Gasteiger partial charge in [-0.2, -0.15) is 0 Å². The molecule has 0 saturated carbocycles. The van der Waals surface area contributed by atoms with Crippen molar-refractivity contribution in [3.8, 4) is 0 Å². The summed E-state index contributed by atoms with van der Waals surface area (Å²) < 4.78 is 27.9. The van der Waals surface area contributed by atoms with Crippen LogP contribution in [-0.2, 0) is 6.54 Å². The Morgan fingerprint density at radius 3 is 2.06 bits per heavy atom. The van der Waals surface area contributed by atoms with Crippen LogP contribution in [0.15, 0.2) is 12.1 Å². The van der Waals surface area contributed by atoms with Gasteiger partial charge in [0.05, 0.1) is 0 Å². The van der Waals surface area contributed by atoms with Gasteiger partial charge in [0, 0.05) is 20.1 Å². The van der Waals surface area contributed by atoms with Gasteiger partial charge >= 0.3 is 0 Å². The summed E-state index contributed by atoms with van der Waals surface area (Å²) in [5, 5.41) is 2.88. The standard InChI is InChI=1S/C14H22F2N2/c1-14(2,3)9-18(5)13-11(15)6-10(8-17-4)7-12(13)16/h6-7,17H,8-9H2,1-5H3. The van der Waals surface area contributed by atoms with Gasteiger partial charge in [-0.25, -0.2) is 8.78 Å². The van der Waals surface area contributed by atoms with E-state index in [2.05, 4.69) is 5.32 Å². The molecule has 0 spiro atoms. The topological polar surface area (TPSA) is 15.3 Å². The number of anilines is 1. The summed E-state index contributed by atoms with van der Waals surface area (Å²) in [6.45, 7) is 7.15. The van der Waals surface area contributed by atoms with Gasteiger partial charge in [0.1, 0.15) is 17.3 Å². The van der Waals surface area contributed by atoms with E-state index in [1.165, 1.54) is 12.1 Å². The molecule has 0 radical (unpaired) electrons. The monoisotopic (exact) mass is 256 g/mol. The fourth-order valence-corrected chi connectivity index (χ4v) is 2.08. The second kappa shape index (κ2) is 5.65. The fourth-order valence-electron chi connectivity index (χ4n) is 2.08. The highest BCUT2D eigenvalue weighted by Crippen LogP contribution is 2.27. The summed E-state index contributed by atoms with van der Waals surface area (Å²) >= 11 is 0. The Bertz CT molecular complexity index is 388. The second-order valence-corrected chi connectivity index (χ2v) is 5.86. The maximum atomic E-state index is 14.0. The van der Waals surface area contributed by atoms with Crippen molar-refractivity contribution >= 4 is 5.69 Å². The average molecular weight is 256 g/mol. The molecule has 0 aliphatic carbocycles. The molecule has 0 fully saturated rings. The predicted molar refractivity (Wildman–Crippen MR) is 71.8 cm³/mol. The van der Waals surface area contributed by atoms with Crippen LogP contribution in [0.3, 0.4) is 0 Å². The molecule has 4 heteroatoms. The van der Waals surface area contributed by atoms with Gasteiger partial charge in [0.15, 0.2) is 0 Å². The molecule has 0 atom stereocenters. The number of rotatable bonds is 4. The number of benzene rings is 1. The largest absolute Gasteiger partial charge is 0.369 e. The van der Waals surface area contributed by atoms with Crippen LogP contribution in [0.5, 0.6) is 0 Å². The molecule has 0 amide bonds. The minimum Gasteiger partial charge on any atom is -0.369 e. The van der Waals surface area contributed by atoms with Crippen LogP contribution in [0, 0.1) is 17.0 Å². The maximum Gasteiger partial charge on any atom is 0.149 e. The van der Waals surface area contributed by atoms with Crippen molar-refractivity contribution in [2.24, 2.45) is 5.41 Å². The first kappa shape index (κ1) is 14.9. The number of halogens is 2. The maximum absolute atomic E-state index is 14.0. The molecule has 0 unspecified atom stereocenters. The number of nitrogens with one attached hydrogen (secondary N) is 1. The van der Waals surface area contributed by atoms with E-state index in [0.717, 1.165) is 0 Å². The Morgan fingerprint density at radius 2 is 1.67 bits per heavy atom. The molecule has 0 heterocycles. The lowest BCUT2D eigenvalue weighted by Gasteiger charge is -2.29. The van der Waals surface area contributed by atoms with Gasteiger partial charge in [-0.15, -0.1) is 0 Å². The third-order valence-corrected chi connectivity index (χ3v) is 2.55. The zero-order valence-electron chi connectivity index (χ0n) is 11.8. The van der Waals surface area contributed by atoms with Crippen LogP contribution in [0.25, 0.3) is 0 Å². The van der Waals surface area contributed by atoms with Gasteiger partial charge in [-0.05, 0) is 30.2 Å². The summed E-state index contributed by atoms with van der Waals surface area (Å²) in [7, 11) is 3.46. The van der Waals surface area contributed by atoms with Crippen molar-refractivity contribution in [1.82, 2.24) is 5.32 Å². The van der Waals surface area contributed by atoms with Crippen molar-refractivity contribution in [2.45, 2.75) is 27.3 Å². The summed E-state index contributed by atoms with van der Waals surface area (Å²) in [6, 6.07) is 2.77. The van der Waals surface area contributed by atoms with Crippen molar-refractivity contribution in [2.75, 3.05) is 25.5 Å². The van der Waals surface area contributed by atoms with Crippen molar-refractivity contribution in [3.05, 3.63) is 29.3 Å². The van der Waals surface area contributed by atoms with Gasteiger partial charge in [-0.3, -0.25) is 0 Å².